The van der Waals surface area contributed by atoms with Crippen molar-refractivity contribution in [3.8, 4) is 0 Å². The second kappa shape index (κ2) is 6.61. The molecule has 1 aliphatic carbocycles. The molecule has 126 valence electrons. The lowest BCUT2D eigenvalue weighted by atomic mass is 10.0. The highest BCUT2D eigenvalue weighted by Crippen LogP contribution is 2.35. The maximum Gasteiger partial charge on any atom is 0.232 e. The van der Waals surface area contributed by atoms with Crippen LogP contribution < -0.4 is 4.90 Å². The van der Waals surface area contributed by atoms with E-state index in [1.807, 2.05) is 35.2 Å². The van der Waals surface area contributed by atoms with Crippen LogP contribution in [0.1, 0.15) is 32.6 Å². The minimum absolute atomic E-state index is 0.0481. The molecule has 0 bridgehead atoms. The van der Waals surface area contributed by atoms with E-state index >= 15 is 0 Å². The van der Waals surface area contributed by atoms with Crippen molar-refractivity contribution >= 4 is 21.6 Å². The number of sulfonamides is 1. The fourth-order valence-electron chi connectivity index (χ4n) is 2.89. The third-order valence-corrected chi connectivity index (χ3v) is 6.90. The maximum absolute atomic E-state index is 12.8. The van der Waals surface area contributed by atoms with E-state index in [2.05, 4.69) is 6.92 Å². The Morgan fingerprint density at radius 3 is 2.43 bits per heavy atom. The Morgan fingerprint density at radius 1 is 1.22 bits per heavy atom. The van der Waals surface area contributed by atoms with E-state index < -0.39 is 10.0 Å². The first kappa shape index (κ1) is 16.5. The van der Waals surface area contributed by atoms with Crippen LogP contribution in [0.3, 0.4) is 0 Å². The van der Waals surface area contributed by atoms with Crippen molar-refractivity contribution in [2.45, 2.75) is 37.9 Å². The monoisotopic (exact) mass is 336 g/mol. The average Bonchev–Trinajstić information content (AvgIpc) is 3.32. The van der Waals surface area contributed by atoms with Crippen molar-refractivity contribution < 1.29 is 13.2 Å². The predicted molar refractivity (Wildman–Crippen MR) is 90.7 cm³/mol. The highest BCUT2D eigenvalue weighted by atomic mass is 32.2. The lowest BCUT2D eigenvalue weighted by Crippen LogP contribution is -2.57. The summed E-state index contributed by atoms with van der Waals surface area (Å²) < 4.78 is 25.8. The molecule has 0 radical (unpaired) electrons. The van der Waals surface area contributed by atoms with Crippen LogP contribution in [0.2, 0.25) is 0 Å². The number of benzene rings is 1. The Morgan fingerprint density at radius 2 is 1.87 bits per heavy atom. The van der Waals surface area contributed by atoms with E-state index in [0.29, 0.717) is 19.6 Å². The topological polar surface area (TPSA) is 57.7 Å². The predicted octanol–water partition coefficient (Wildman–Crippen LogP) is 2.24. The summed E-state index contributed by atoms with van der Waals surface area (Å²) in [6.07, 6.45) is 3.50. The lowest BCUT2D eigenvalue weighted by molar-refractivity contribution is -0.125. The van der Waals surface area contributed by atoms with Crippen LogP contribution in [0, 0.1) is 5.92 Å². The summed E-state index contributed by atoms with van der Waals surface area (Å²) in [6, 6.07) is 9.65. The molecule has 3 rings (SSSR count). The summed E-state index contributed by atoms with van der Waals surface area (Å²) in [6.45, 7) is 3.46. The minimum Gasteiger partial charge on any atom is -0.312 e. The standard InChI is InChI=1S/C17H24N2O3S/c1-2-3-11-19(15-7-5-4-6-8-15)17(20)14-12-18(13-14)23(21,22)16-9-10-16/h4-8,14,16H,2-3,9-13H2,1H3. The minimum atomic E-state index is -3.14. The van der Waals surface area contributed by atoms with Gasteiger partial charge in [0, 0.05) is 25.3 Å². The Kier molecular flexibility index (Phi) is 4.73. The van der Waals surface area contributed by atoms with Gasteiger partial charge in [0.2, 0.25) is 15.9 Å². The molecule has 1 heterocycles. The van der Waals surface area contributed by atoms with Crippen molar-refractivity contribution in [2.24, 2.45) is 5.92 Å². The molecule has 1 aromatic carbocycles. The van der Waals surface area contributed by atoms with E-state index in [4.69, 9.17) is 0 Å². The van der Waals surface area contributed by atoms with Gasteiger partial charge in [-0.2, -0.15) is 4.31 Å². The van der Waals surface area contributed by atoms with Crippen molar-refractivity contribution in [3.05, 3.63) is 30.3 Å². The molecule has 2 fully saturated rings. The third kappa shape index (κ3) is 3.43. The summed E-state index contributed by atoms with van der Waals surface area (Å²) in [4.78, 5) is 14.6. The van der Waals surface area contributed by atoms with Gasteiger partial charge in [-0.25, -0.2) is 8.42 Å². The van der Waals surface area contributed by atoms with Gasteiger partial charge in [0.05, 0.1) is 11.2 Å². The smallest absolute Gasteiger partial charge is 0.232 e. The molecule has 2 aliphatic rings. The number of carbonyl (C=O) groups excluding carboxylic acids is 1. The van der Waals surface area contributed by atoms with Crippen molar-refractivity contribution in [3.63, 3.8) is 0 Å². The quantitative estimate of drug-likeness (QED) is 0.767. The molecular formula is C17H24N2O3S. The van der Waals surface area contributed by atoms with Crippen LogP contribution in [-0.2, 0) is 14.8 Å². The second-order valence-electron chi connectivity index (χ2n) is 6.44. The summed E-state index contributed by atoms with van der Waals surface area (Å²) in [5.74, 6) is -0.160. The summed E-state index contributed by atoms with van der Waals surface area (Å²) in [5, 5.41) is -0.191. The number of rotatable bonds is 7. The molecule has 0 aromatic heterocycles. The molecule has 6 heteroatoms. The van der Waals surface area contributed by atoms with Crippen molar-refractivity contribution in [1.82, 2.24) is 4.31 Å². The van der Waals surface area contributed by atoms with Crippen LogP contribution in [-0.4, -0.2) is 43.5 Å². The van der Waals surface area contributed by atoms with Crippen molar-refractivity contribution in [2.75, 3.05) is 24.5 Å². The SMILES string of the molecule is CCCCN(C(=O)C1CN(S(=O)(=O)C2CC2)C1)c1ccccc1. The fourth-order valence-corrected chi connectivity index (χ4v) is 4.82. The Hall–Kier alpha value is -1.40. The first-order valence-electron chi connectivity index (χ1n) is 8.39. The van der Waals surface area contributed by atoms with Crippen molar-refractivity contribution in [1.29, 1.82) is 0 Å². The number of nitrogens with zero attached hydrogens (tertiary/aromatic N) is 2. The van der Waals surface area contributed by atoms with Gasteiger partial charge in [0.15, 0.2) is 0 Å². The molecule has 1 aromatic rings. The number of anilines is 1. The number of carbonyl (C=O) groups is 1. The Labute approximate surface area is 138 Å². The summed E-state index contributed by atoms with van der Waals surface area (Å²) >= 11 is 0. The van der Waals surface area contributed by atoms with Gasteiger partial charge in [-0.3, -0.25) is 4.79 Å². The normalized spacial score (nSPS) is 19.3. The van der Waals surface area contributed by atoms with Gasteiger partial charge >= 0.3 is 0 Å². The first-order chi connectivity index (χ1) is 11.0. The number of para-hydroxylation sites is 1. The fraction of sp³-hybridized carbons (Fsp3) is 0.588. The first-order valence-corrected chi connectivity index (χ1v) is 9.89. The summed E-state index contributed by atoms with van der Waals surface area (Å²) in [5.41, 5.74) is 0.898. The van der Waals surface area contributed by atoms with E-state index in [-0.39, 0.29) is 17.1 Å². The molecule has 5 nitrogen and oxygen atoms in total. The van der Waals surface area contributed by atoms with E-state index in [1.165, 1.54) is 4.31 Å². The molecule has 1 saturated heterocycles. The maximum atomic E-state index is 12.8. The average molecular weight is 336 g/mol. The zero-order valence-corrected chi connectivity index (χ0v) is 14.3. The van der Waals surface area contributed by atoms with Crippen LogP contribution >= 0.6 is 0 Å². The number of hydrogen-bond acceptors (Lipinski definition) is 3. The highest BCUT2D eigenvalue weighted by molar-refractivity contribution is 7.90. The van der Waals surface area contributed by atoms with Crippen LogP contribution in [0.15, 0.2) is 30.3 Å². The van der Waals surface area contributed by atoms with Crippen LogP contribution in [0.4, 0.5) is 5.69 Å². The van der Waals surface area contributed by atoms with Gasteiger partial charge in [-0.1, -0.05) is 31.5 Å². The Bertz CT molecular complexity index is 650. The van der Waals surface area contributed by atoms with Crippen LogP contribution in [0.5, 0.6) is 0 Å². The van der Waals surface area contributed by atoms with Gasteiger partial charge in [-0.05, 0) is 31.4 Å². The molecule has 1 saturated carbocycles. The lowest BCUT2D eigenvalue weighted by Gasteiger charge is -2.39. The Balaban J connectivity index is 1.65. The molecule has 0 N–H and O–H groups in total. The van der Waals surface area contributed by atoms with Gasteiger partial charge in [-0.15, -0.1) is 0 Å². The van der Waals surface area contributed by atoms with E-state index in [1.54, 1.807) is 0 Å². The largest absolute Gasteiger partial charge is 0.312 e. The second-order valence-corrected chi connectivity index (χ2v) is 8.65. The molecule has 1 aliphatic heterocycles. The van der Waals surface area contributed by atoms with Gasteiger partial charge < -0.3 is 4.90 Å². The highest BCUT2D eigenvalue weighted by Gasteiger charge is 2.47. The molecule has 23 heavy (non-hydrogen) atoms. The van der Waals surface area contributed by atoms with E-state index in [9.17, 15) is 13.2 Å². The van der Waals surface area contributed by atoms with Crippen LogP contribution in [0.25, 0.3) is 0 Å². The number of amides is 1. The zero-order chi connectivity index (χ0) is 16.4. The molecule has 1 amide bonds. The number of unbranched alkanes of at least 4 members (excludes halogenated alkanes) is 1. The van der Waals surface area contributed by atoms with Gasteiger partial charge in [0.1, 0.15) is 0 Å². The van der Waals surface area contributed by atoms with Gasteiger partial charge in [0.25, 0.3) is 0 Å². The number of hydrogen-bond donors (Lipinski definition) is 0. The molecular weight excluding hydrogens is 312 g/mol. The molecule has 0 unspecified atom stereocenters. The summed E-state index contributed by atoms with van der Waals surface area (Å²) in [7, 11) is -3.14. The zero-order valence-electron chi connectivity index (χ0n) is 13.5. The molecule has 0 atom stereocenters. The third-order valence-electron chi connectivity index (χ3n) is 4.57. The molecule has 0 spiro atoms. The van der Waals surface area contributed by atoms with E-state index in [0.717, 1.165) is 31.4 Å².